The summed E-state index contributed by atoms with van der Waals surface area (Å²) in [6.07, 6.45) is 1.92. The molecule has 0 aliphatic carbocycles. The third-order valence-corrected chi connectivity index (χ3v) is 4.29. The first-order valence-electron chi connectivity index (χ1n) is 7.46. The number of amides is 1. The Kier molecular flexibility index (Phi) is 7.75. The highest BCUT2D eigenvalue weighted by Crippen LogP contribution is 2.25. The fourth-order valence-corrected chi connectivity index (χ4v) is 2.91. The minimum absolute atomic E-state index is 0. The van der Waals surface area contributed by atoms with Crippen molar-refractivity contribution in [2.24, 2.45) is 5.92 Å². The molecule has 0 saturated carbocycles. The lowest BCUT2D eigenvalue weighted by Crippen LogP contribution is -2.40. The molecule has 8 heteroatoms. The van der Waals surface area contributed by atoms with Crippen LogP contribution in [0, 0.1) is 16.0 Å². The maximum atomic E-state index is 12.5. The average Bonchev–Trinajstić information content (AvgIpc) is 2.52. The standard InChI is InChI=1S/C15H20ClN3O3.ClH/c1-2-17-10-11-5-7-18(8-6-11)15(20)13-4-3-12(19(21)22)9-14(13)16;/h3-4,9,11,17H,2,5-8,10H2,1H3;1H. The van der Waals surface area contributed by atoms with Gasteiger partial charge >= 0.3 is 0 Å². The zero-order valence-corrected chi connectivity index (χ0v) is 14.5. The van der Waals surface area contributed by atoms with Gasteiger partial charge in [0.05, 0.1) is 15.5 Å². The quantitative estimate of drug-likeness (QED) is 0.645. The van der Waals surface area contributed by atoms with Crippen LogP contribution in [0.15, 0.2) is 18.2 Å². The van der Waals surface area contributed by atoms with E-state index in [2.05, 4.69) is 12.2 Å². The van der Waals surface area contributed by atoms with E-state index in [1.807, 2.05) is 0 Å². The van der Waals surface area contributed by atoms with Crippen LogP contribution in [-0.2, 0) is 0 Å². The first kappa shape index (κ1) is 19.7. The lowest BCUT2D eigenvalue weighted by molar-refractivity contribution is -0.384. The molecule has 2 rings (SSSR count). The van der Waals surface area contributed by atoms with Gasteiger partial charge < -0.3 is 10.2 Å². The van der Waals surface area contributed by atoms with Crippen molar-refractivity contribution in [3.8, 4) is 0 Å². The largest absolute Gasteiger partial charge is 0.339 e. The average molecular weight is 362 g/mol. The Morgan fingerprint density at radius 3 is 2.61 bits per heavy atom. The van der Waals surface area contributed by atoms with E-state index in [1.165, 1.54) is 18.2 Å². The summed E-state index contributed by atoms with van der Waals surface area (Å²) in [7, 11) is 0. The summed E-state index contributed by atoms with van der Waals surface area (Å²) >= 11 is 6.02. The Hall–Kier alpha value is -1.37. The van der Waals surface area contributed by atoms with Gasteiger partial charge in [0.25, 0.3) is 11.6 Å². The Bertz CT molecular complexity index is 561. The number of carbonyl (C=O) groups excluding carboxylic acids is 1. The zero-order chi connectivity index (χ0) is 16.1. The van der Waals surface area contributed by atoms with Gasteiger partial charge in [0.1, 0.15) is 0 Å². The third kappa shape index (κ3) is 5.06. The summed E-state index contributed by atoms with van der Waals surface area (Å²) in [5.41, 5.74) is 0.225. The molecule has 1 aromatic rings. The Morgan fingerprint density at radius 2 is 2.09 bits per heavy atom. The highest BCUT2D eigenvalue weighted by atomic mass is 35.5. The summed E-state index contributed by atoms with van der Waals surface area (Å²) in [6.45, 7) is 5.41. The van der Waals surface area contributed by atoms with Gasteiger partial charge in [0.2, 0.25) is 0 Å². The van der Waals surface area contributed by atoms with Gasteiger partial charge in [0.15, 0.2) is 0 Å². The molecular formula is C15H21Cl2N3O3. The number of nitro groups is 1. The Balaban J connectivity index is 0.00000264. The van der Waals surface area contributed by atoms with Crippen LogP contribution in [0.25, 0.3) is 0 Å². The molecule has 6 nitrogen and oxygen atoms in total. The Labute approximate surface area is 146 Å². The summed E-state index contributed by atoms with van der Waals surface area (Å²) in [6, 6.07) is 3.98. The molecule has 1 heterocycles. The lowest BCUT2D eigenvalue weighted by Gasteiger charge is -2.32. The second-order valence-electron chi connectivity index (χ2n) is 5.46. The van der Waals surface area contributed by atoms with Crippen molar-refractivity contribution < 1.29 is 9.72 Å². The lowest BCUT2D eigenvalue weighted by atomic mass is 9.96. The third-order valence-electron chi connectivity index (χ3n) is 3.98. The van der Waals surface area contributed by atoms with Crippen LogP contribution in [0.4, 0.5) is 5.69 Å². The van der Waals surface area contributed by atoms with E-state index in [-0.39, 0.29) is 29.0 Å². The maximum absolute atomic E-state index is 12.5. The van der Waals surface area contributed by atoms with E-state index >= 15 is 0 Å². The summed E-state index contributed by atoms with van der Waals surface area (Å²) < 4.78 is 0. The normalized spacial score (nSPS) is 15.1. The van der Waals surface area contributed by atoms with E-state index in [0.717, 1.165) is 25.9 Å². The van der Waals surface area contributed by atoms with Crippen LogP contribution in [0.3, 0.4) is 0 Å². The number of nitro benzene ring substituents is 1. The van der Waals surface area contributed by atoms with Crippen LogP contribution in [-0.4, -0.2) is 41.9 Å². The molecule has 0 bridgehead atoms. The number of non-ortho nitro benzene ring substituents is 1. The number of carbonyl (C=O) groups is 1. The topological polar surface area (TPSA) is 75.5 Å². The second kappa shape index (κ2) is 9.05. The molecule has 23 heavy (non-hydrogen) atoms. The first-order chi connectivity index (χ1) is 10.5. The number of likely N-dealkylation sites (tertiary alicyclic amines) is 1. The highest BCUT2D eigenvalue weighted by molar-refractivity contribution is 6.34. The number of halogens is 2. The zero-order valence-electron chi connectivity index (χ0n) is 13.0. The molecule has 0 unspecified atom stereocenters. The van der Waals surface area contributed by atoms with E-state index in [4.69, 9.17) is 11.6 Å². The second-order valence-corrected chi connectivity index (χ2v) is 5.87. The van der Waals surface area contributed by atoms with Gasteiger partial charge in [-0.1, -0.05) is 18.5 Å². The van der Waals surface area contributed by atoms with Crippen LogP contribution < -0.4 is 5.32 Å². The molecule has 0 aromatic heterocycles. The van der Waals surface area contributed by atoms with E-state index in [9.17, 15) is 14.9 Å². The smallest absolute Gasteiger partial charge is 0.270 e. The number of nitrogens with zero attached hydrogens (tertiary/aromatic N) is 2. The molecule has 1 saturated heterocycles. The monoisotopic (exact) mass is 361 g/mol. The van der Waals surface area contributed by atoms with Crippen molar-refractivity contribution in [1.29, 1.82) is 0 Å². The molecule has 1 aliphatic rings. The number of benzene rings is 1. The molecule has 1 aliphatic heterocycles. The number of rotatable bonds is 5. The predicted molar refractivity (Wildman–Crippen MR) is 92.5 cm³/mol. The van der Waals surface area contributed by atoms with Gasteiger partial charge in [-0.3, -0.25) is 14.9 Å². The molecule has 1 aromatic carbocycles. The minimum atomic E-state index is -0.521. The maximum Gasteiger partial charge on any atom is 0.270 e. The van der Waals surface area contributed by atoms with Crippen LogP contribution in [0.5, 0.6) is 0 Å². The van der Waals surface area contributed by atoms with Gasteiger partial charge in [-0.05, 0) is 37.9 Å². The minimum Gasteiger partial charge on any atom is -0.339 e. The van der Waals surface area contributed by atoms with Gasteiger partial charge in [0, 0.05) is 25.2 Å². The van der Waals surface area contributed by atoms with Gasteiger partial charge in [-0.2, -0.15) is 0 Å². The SMILES string of the molecule is CCNCC1CCN(C(=O)c2ccc([N+](=O)[O-])cc2Cl)CC1.Cl. The van der Waals surface area contributed by atoms with E-state index in [1.54, 1.807) is 4.90 Å². The fraction of sp³-hybridized carbons (Fsp3) is 0.533. The van der Waals surface area contributed by atoms with Crippen molar-refractivity contribution in [3.05, 3.63) is 38.9 Å². The molecule has 0 spiro atoms. The first-order valence-corrected chi connectivity index (χ1v) is 7.84. The summed E-state index contributed by atoms with van der Waals surface area (Å²) in [5.74, 6) is 0.443. The number of piperidine rings is 1. The van der Waals surface area contributed by atoms with Gasteiger partial charge in [-0.15, -0.1) is 12.4 Å². The number of hydrogen-bond donors (Lipinski definition) is 1. The highest BCUT2D eigenvalue weighted by Gasteiger charge is 2.25. The summed E-state index contributed by atoms with van der Waals surface area (Å²) in [4.78, 5) is 24.4. The molecule has 1 fully saturated rings. The molecule has 0 atom stereocenters. The van der Waals surface area contributed by atoms with Crippen LogP contribution in [0.1, 0.15) is 30.1 Å². The van der Waals surface area contributed by atoms with Crippen molar-refractivity contribution in [3.63, 3.8) is 0 Å². The van der Waals surface area contributed by atoms with Crippen molar-refractivity contribution in [2.75, 3.05) is 26.2 Å². The van der Waals surface area contributed by atoms with Crippen LogP contribution >= 0.6 is 24.0 Å². The predicted octanol–water partition coefficient (Wildman–Crippen LogP) is 3.13. The van der Waals surface area contributed by atoms with Crippen molar-refractivity contribution in [1.82, 2.24) is 10.2 Å². The molecular weight excluding hydrogens is 341 g/mol. The molecule has 0 radical (unpaired) electrons. The number of hydrogen-bond acceptors (Lipinski definition) is 4. The molecule has 1 amide bonds. The van der Waals surface area contributed by atoms with E-state index in [0.29, 0.717) is 24.6 Å². The fourth-order valence-electron chi connectivity index (χ4n) is 2.65. The molecule has 1 N–H and O–H groups in total. The molecule has 128 valence electrons. The van der Waals surface area contributed by atoms with E-state index < -0.39 is 4.92 Å². The Morgan fingerprint density at radius 1 is 1.43 bits per heavy atom. The van der Waals surface area contributed by atoms with Crippen molar-refractivity contribution in [2.45, 2.75) is 19.8 Å². The van der Waals surface area contributed by atoms with Crippen LogP contribution in [0.2, 0.25) is 5.02 Å². The summed E-state index contributed by atoms with van der Waals surface area (Å²) in [5, 5.41) is 14.2. The van der Waals surface area contributed by atoms with Crippen molar-refractivity contribution >= 4 is 35.6 Å². The number of nitrogens with one attached hydrogen (secondary N) is 1. The van der Waals surface area contributed by atoms with Gasteiger partial charge in [-0.25, -0.2) is 0 Å².